The van der Waals surface area contributed by atoms with Crippen molar-refractivity contribution in [1.82, 2.24) is 13.7 Å². The van der Waals surface area contributed by atoms with Gasteiger partial charge in [-0.3, -0.25) is 3.53 Å². The summed E-state index contributed by atoms with van der Waals surface area (Å²) in [5.41, 5.74) is 0. The third-order valence-corrected chi connectivity index (χ3v) is 4.73. The van der Waals surface area contributed by atoms with Crippen LogP contribution in [0.5, 0.6) is 0 Å². The highest BCUT2D eigenvalue weighted by Crippen LogP contribution is 2.20. The molecule has 1 aliphatic carbocycles. The van der Waals surface area contributed by atoms with Gasteiger partial charge in [0.05, 0.1) is 0 Å². The first-order valence-electron chi connectivity index (χ1n) is 6.71. The van der Waals surface area contributed by atoms with E-state index in [0.717, 1.165) is 25.9 Å². The second-order valence-corrected chi connectivity index (χ2v) is 5.78. The predicted octanol–water partition coefficient (Wildman–Crippen LogP) is 2.43. The smallest absolute Gasteiger partial charge is 0.317 e. The van der Waals surface area contributed by atoms with Gasteiger partial charge in [-0.15, -0.1) is 0 Å². The lowest BCUT2D eigenvalue weighted by atomic mass is 9.92. The molecular weight excluding hydrogens is 329 g/mol. The molecule has 2 N–H and O–H groups in total. The van der Waals surface area contributed by atoms with Gasteiger partial charge in [-0.1, -0.05) is 0 Å². The van der Waals surface area contributed by atoms with Crippen LogP contribution in [0.3, 0.4) is 0 Å². The lowest BCUT2D eigenvalue weighted by Crippen LogP contribution is -2.48. The van der Waals surface area contributed by atoms with Gasteiger partial charge in [-0.05, 0) is 44.9 Å². The van der Waals surface area contributed by atoms with E-state index >= 15 is 0 Å². The molecule has 0 spiro atoms. The Balaban J connectivity index is 1.71. The van der Waals surface area contributed by atoms with Crippen LogP contribution in [0.4, 0.5) is 4.79 Å². The molecule has 98 valence electrons. The highest BCUT2D eigenvalue weighted by atomic mass is 127. The van der Waals surface area contributed by atoms with Crippen LogP contribution in [-0.4, -0.2) is 36.1 Å². The maximum absolute atomic E-state index is 12.0. The SMILES string of the molecule is O=C(NC1CCC(NI)CC1)N1CCCCC1. The molecule has 0 aromatic carbocycles. The quantitative estimate of drug-likeness (QED) is 0.593. The number of carbonyl (C=O) groups excluding carboxylic acids is 1. The molecule has 1 heterocycles. The summed E-state index contributed by atoms with van der Waals surface area (Å²) in [6.45, 7) is 1.88. The minimum atomic E-state index is 0.163. The summed E-state index contributed by atoms with van der Waals surface area (Å²) in [6.07, 6.45) is 8.18. The largest absolute Gasteiger partial charge is 0.335 e. The number of nitrogens with one attached hydrogen (secondary N) is 2. The molecule has 4 nitrogen and oxygen atoms in total. The summed E-state index contributed by atoms with van der Waals surface area (Å²) in [5.74, 6) is 0. The molecule has 2 amide bonds. The molecule has 2 fully saturated rings. The zero-order valence-electron chi connectivity index (χ0n) is 10.3. The first kappa shape index (κ1) is 13.4. The van der Waals surface area contributed by atoms with Gasteiger partial charge in [0.1, 0.15) is 0 Å². The number of urea groups is 1. The number of halogens is 1. The van der Waals surface area contributed by atoms with Gasteiger partial charge in [-0.25, -0.2) is 4.79 Å². The zero-order valence-corrected chi connectivity index (χ0v) is 12.4. The molecule has 0 radical (unpaired) electrons. The Morgan fingerprint density at radius 1 is 1.00 bits per heavy atom. The lowest BCUT2D eigenvalue weighted by molar-refractivity contribution is 0.178. The molecule has 0 aromatic rings. The van der Waals surface area contributed by atoms with E-state index in [1.54, 1.807) is 0 Å². The van der Waals surface area contributed by atoms with E-state index in [9.17, 15) is 4.79 Å². The van der Waals surface area contributed by atoms with Crippen LogP contribution in [0, 0.1) is 0 Å². The van der Waals surface area contributed by atoms with Crippen molar-refractivity contribution in [2.24, 2.45) is 0 Å². The first-order valence-corrected chi connectivity index (χ1v) is 7.79. The van der Waals surface area contributed by atoms with Crippen LogP contribution in [0.2, 0.25) is 0 Å². The topological polar surface area (TPSA) is 44.4 Å². The van der Waals surface area contributed by atoms with Crippen molar-refractivity contribution in [3.63, 3.8) is 0 Å². The Morgan fingerprint density at radius 3 is 2.18 bits per heavy atom. The number of carbonyl (C=O) groups is 1. The van der Waals surface area contributed by atoms with Crippen molar-refractivity contribution >= 4 is 28.9 Å². The monoisotopic (exact) mass is 351 g/mol. The van der Waals surface area contributed by atoms with Crippen molar-refractivity contribution in [2.75, 3.05) is 13.1 Å². The minimum absolute atomic E-state index is 0.163. The Hall–Kier alpha value is -0.0400. The number of rotatable bonds is 2. The van der Waals surface area contributed by atoms with E-state index in [4.69, 9.17) is 0 Å². The lowest BCUT2D eigenvalue weighted by Gasteiger charge is -2.32. The van der Waals surface area contributed by atoms with Crippen molar-refractivity contribution < 1.29 is 4.79 Å². The maximum Gasteiger partial charge on any atom is 0.317 e. The molecule has 2 rings (SSSR count). The van der Waals surface area contributed by atoms with E-state index < -0.39 is 0 Å². The van der Waals surface area contributed by atoms with Crippen molar-refractivity contribution in [3.8, 4) is 0 Å². The molecule has 1 saturated carbocycles. The van der Waals surface area contributed by atoms with E-state index in [0.29, 0.717) is 12.1 Å². The van der Waals surface area contributed by atoms with Crippen molar-refractivity contribution in [3.05, 3.63) is 0 Å². The molecule has 17 heavy (non-hydrogen) atoms. The van der Waals surface area contributed by atoms with E-state index in [1.165, 1.54) is 32.1 Å². The van der Waals surface area contributed by atoms with Gasteiger partial charge in [0, 0.05) is 48.0 Å². The van der Waals surface area contributed by atoms with Gasteiger partial charge in [0.25, 0.3) is 0 Å². The fourth-order valence-corrected chi connectivity index (χ4v) is 3.33. The fraction of sp³-hybridized carbons (Fsp3) is 0.917. The average Bonchev–Trinajstić information content (AvgIpc) is 2.40. The third kappa shape index (κ3) is 3.98. The highest BCUT2D eigenvalue weighted by Gasteiger charge is 2.24. The molecular formula is C12H22IN3O. The van der Waals surface area contributed by atoms with Gasteiger partial charge in [0.15, 0.2) is 0 Å². The van der Waals surface area contributed by atoms with Gasteiger partial charge < -0.3 is 10.2 Å². The third-order valence-electron chi connectivity index (χ3n) is 3.85. The Bertz CT molecular complexity index is 248. The number of likely N-dealkylation sites (tertiary alicyclic amines) is 1. The van der Waals surface area contributed by atoms with Gasteiger partial charge >= 0.3 is 6.03 Å². The Morgan fingerprint density at radius 2 is 1.59 bits per heavy atom. The van der Waals surface area contributed by atoms with E-state index in [2.05, 4.69) is 31.7 Å². The van der Waals surface area contributed by atoms with Crippen molar-refractivity contribution in [1.29, 1.82) is 0 Å². The molecule has 0 unspecified atom stereocenters. The van der Waals surface area contributed by atoms with Crippen LogP contribution in [0.15, 0.2) is 0 Å². The number of amides is 2. The van der Waals surface area contributed by atoms with Gasteiger partial charge in [-0.2, -0.15) is 0 Å². The normalized spacial score (nSPS) is 30.1. The molecule has 1 saturated heterocycles. The van der Waals surface area contributed by atoms with Crippen LogP contribution in [0.1, 0.15) is 44.9 Å². The van der Waals surface area contributed by atoms with E-state index in [1.807, 2.05) is 4.90 Å². The highest BCUT2D eigenvalue weighted by molar-refractivity contribution is 14.1. The summed E-state index contributed by atoms with van der Waals surface area (Å²) in [6, 6.07) is 1.19. The number of hydrogen-bond donors (Lipinski definition) is 2. The molecule has 1 aliphatic heterocycles. The molecule has 0 atom stereocenters. The summed E-state index contributed by atoms with van der Waals surface area (Å²) in [5, 5.41) is 3.19. The molecule has 0 bridgehead atoms. The first-order chi connectivity index (χ1) is 8.29. The molecule has 2 aliphatic rings. The average molecular weight is 351 g/mol. The second-order valence-electron chi connectivity index (χ2n) is 5.15. The standard InChI is InChI=1S/C12H22IN3O/c13-15-11-6-4-10(5-7-11)14-12(17)16-8-2-1-3-9-16/h10-11,15H,1-9H2,(H,14,17). The summed E-state index contributed by atoms with van der Waals surface area (Å²) in [7, 11) is 0. The van der Waals surface area contributed by atoms with Gasteiger partial charge in [0.2, 0.25) is 0 Å². The van der Waals surface area contributed by atoms with E-state index in [-0.39, 0.29) is 6.03 Å². The number of hydrogen-bond acceptors (Lipinski definition) is 2. The van der Waals surface area contributed by atoms with Crippen LogP contribution >= 0.6 is 22.9 Å². The van der Waals surface area contributed by atoms with Crippen LogP contribution in [0.25, 0.3) is 0 Å². The summed E-state index contributed by atoms with van der Waals surface area (Å²) in [4.78, 5) is 14.0. The second kappa shape index (κ2) is 6.78. The Kier molecular flexibility index (Phi) is 5.34. The minimum Gasteiger partial charge on any atom is -0.335 e. The number of piperidine rings is 1. The number of nitrogens with zero attached hydrogens (tertiary/aromatic N) is 1. The summed E-state index contributed by atoms with van der Waals surface area (Å²) >= 11 is 2.23. The predicted molar refractivity (Wildman–Crippen MR) is 77.2 cm³/mol. The molecule has 0 aromatic heterocycles. The van der Waals surface area contributed by atoms with Crippen LogP contribution < -0.4 is 8.85 Å². The van der Waals surface area contributed by atoms with Crippen molar-refractivity contribution in [2.45, 2.75) is 57.0 Å². The van der Waals surface area contributed by atoms with Crippen LogP contribution in [-0.2, 0) is 0 Å². The Labute approximate surface area is 117 Å². The molecule has 5 heteroatoms. The summed E-state index contributed by atoms with van der Waals surface area (Å²) < 4.78 is 3.29. The zero-order chi connectivity index (χ0) is 12.1. The maximum atomic E-state index is 12.0. The fourth-order valence-electron chi connectivity index (χ4n) is 2.71.